The number of carbonyl (C=O) groups excluding carboxylic acids is 1. The molecule has 5 rings (SSSR count). The fraction of sp³-hybridized carbons (Fsp3) is 0.850. The molecule has 4 bridgehead atoms. The third-order valence-electron chi connectivity index (χ3n) is 7.89. The summed E-state index contributed by atoms with van der Waals surface area (Å²) in [6.07, 6.45) is 12.7. The molecular weight excluding hydrogens is 288 g/mol. The van der Waals surface area contributed by atoms with Crippen LogP contribution in [0.2, 0.25) is 0 Å². The van der Waals surface area contributed by atoms with E-state index in [1.54, 1.807) is 0 Å². The van der Waals surface area contributed by atoms with Gasteiger partial charge in [0.15, 0.2) is 6.10 Å². The van der Waals surface area contributed by atoms with Crippen LogP contribution in [0.4, 0.5) is 0 Å². The van der Waals surface area contributed by atoms with Crippen molar-refractivity contribution >= 4 is 5.97 Å². The number of esters is 1. The fourth-order valence-electron chi connectivity index (χ4n) is 6.50. The maximum absolute atomic E-state index is 12.8. The zero-order valence-electron chi connectivity index (χ0n) is 14.3. The Bertz CT molecular complexity index is 569. The van der Waals surface area contributed by atoms with Crippen LogP contribution in [0.1, 0.15) is 58.8 Å². The lowest BCUT2D eigenvalue weighted by atomic mass is 9.80. The van der Waals surface area contributed by atoms with E-state index in [0.717, 1.165) is 24.7 Å². The number of hydrogen-bond donors (Lipinski definition) is 0. The number of epoxide rings is 1. The first-order valence-electron chi connectivity index (χ1n) is 9.63. The Kier molecular flexibility index (Phi) is 2.92. The lowest BCUT2D eigenvalue weighted by Crippen LogP contribution is -2.42. The standard InChI is InChI=1S/C20H28O3/c1-3-20(11-13-5-7-15(20)9-13)23-18(21)17-19(2,22-17)16-10-12-4-6-14(16)8-12/h4,6,12-17H,3,5,7-11H2,1-2H3. The molecule has 0 spiro atoms. The van der Waals surface area contributed by atoms with Crippen molar-refractivity contribution in [2.75, 3.05) is 0 Å². The van der Waals surface area contributed by atoms with E-state index in [9.17, 15) is 4.79 Å². The Morgan fingerprint density at radius 2 is 2.13 bits per heavy atom. The number of carbonyl (C=O) groups is 1. The topological polar surface area (TPSA) is 38.8 Å². The van der Waals surface area contributed by atoms with Crippen molar-refractivity contribution in [3.05, 3.63) is 12.2 Å². The molecule has 8 atom stereocenters. The lowest BCUT2D eigenvalue weighted by molar-refractivity contribution is -0.168. The molecule has 1 saturated heterocycles. The second kappa shape index (κ2) is 4.62. The predicted octanol–water partition coefficient (Wildman–Crippen LogP) is 3.87. The minimum absolute atomic E-state index is 0.0753. The van der Waals surface area contributed by atoms with Gasteiger partial charge in [0, 0.05) is 0 Å². The van der Waals surface area contributed by atoms with Crippen molar-refractivity contribution in [1.29, 1.82) is 0 Å². The van der Waals surface area contributed by atoms with Gasteiger partial charge in [0.1, 0.15) is 11.2 Å². The second-order valence-electron chi connectivity index (χ2n) is 8.99. The van der Waals surface area contributed by atoms with Gasteiger partial charge in [0.05, 0.1) is 0 Å². The highest BCUT2D eigenvalue weighted by Crippen LogP contribution is 2.58. The average molecular weight is 316 g/mol. The highest BCUT2D eigenvalue weighted by atomic mass is 16.7. The summed E-state index contributed by atoms with van der Waals surface area (Å²) in [7, 11) is 0. The SMILES string of the molecule is CCC1(OC(=O)C2OC2(C)C2CC3C=CC2C3)CC2CCC1C2. The van der Waals surface area contributed by atoms with Gasteiger partial charge in [-0.15, -0.1) is 0 Å². The molecule has 0 aromatic carbocycles. The summed E-state index contributed by atoms with van der Waals surface area (Å²) in [5, 5.41) is 0. The van der Waals surface area contributed by atoms with Crippen LogP contribution in [0, 0.1) is 29.6 Å². The fourth-order valence-corrected chi connectivity index (χ4v) is 6.50. The van der Waals surface area contributed by atoms with Gasteiger partial charge < -0.3 is 9.47 Å². The summed E-state index contributed by atoms with van der Waals surface area (Å²) in [4.78, 5) is 12.8. The molecule has 8 unspecified atom stereocenters. The molecule has 23 heavy (non-hydrogen) atoms. The van der Waals surface area contributed by atoms with Crippen molar-refractivity contribution < 1.29 is 14.3 Å². The molecule has 0 N–H and O–H groups in total. The van der Waals surface area contributed by atoms with E-state index >= 15 is 0 Å². The summed E-state index contributed by atoms with van der Waals surface area (Å²) in [6.45, 7) is 4.32. The molecule has 1 aliphatic heterocycles. The normalized spacial score (nSPS) is 55.6. The van der Waals surface area contributed by atoms with Crippen LogP contribution in [0.5, 0.6) is 0 Å². The van der Waals surface area contributed by atoms with Gasteiger partial charge in [-0.1, -0.05) is 19.1 Å². The van der Waals surface area contributed by atoms with Crippen LogP contribution < -0.4 is 0 Å². The largest absolute Gasteiger partial charge is 0.457 e. The van der Waals surface area contributed by atoms with Gasteiger partial charge in [-0.3, -0.25) is 0 Å². The summed E-state index contributed by atoms with van der Waals surface area (Å²) in [6, 6.07) is 0. The Hall–Kier alpha value is -0.830. The highest BCUT2D eigenvalue weighted by molar-refractivity contribution is 5.80. The molecule has 0 aromatic heterocycles. The van der Waals surface area contributed by atoms with E-state index in [1.165, 1.54) is 32.1 Å². The number of allylic oxidation sites excluding steroid dienone is 2. The maximum Gasteiger partial charge on any atom is 0.338 e. The lowest BCUT2D eigenvalue weighted by Gasteiger charge is -2.36. The highest BCUT2D eigenvalue weighted by Gasteiger charge is 2.66. The molecule has 3 saturated carbocycles. The van der Waals surface area contributed by atoms with Crippen LogP contribution in [-0.4, -0.2) is 23.3 Å². The molecule has 0 amide bonds. The van der Waals surface area contributed by atoms with Gasteiger partial charge in [-0.05, 0) is 81.5 Å². The molecule has 3 heteroatoms. The van der Waals surface area contributed by atoms with Crippen LogP contribution in [-0.2, 0) is 14.3 Å². The first-order chi connectivity index (χ1) is 11.0. The van der Waals surface area contributed by atoms with Gasteiger partial charge >= 0.3 is 5.97 Å². The zero-order chi connectivity index (χ0) is 15.8. The van der Waals surface area contributed by atoms with Crippen molar-refractivity contribution in [2.45, 2.75) is 76.1 Å². The number of fused-ring (bicyclic) bond motifs is 4. The van der Waals surface area contributed by atoms with E-state index < -0.39 is 0 Å². The van der Waals surface area contributed by atoms with Crippen LogP contribution >= 0.6 is 0 Å². The van der Waals surface area contributed by atoms with Crippen molar-refractivity contribution in [1.82, 2.24) is 0 Å². The third-order valence-corrected chi connectivity index (χ3v) is 7.89. The smallest absolute Gasteiger partial charge is 0.338 e. The number of ether oxygens (including phenoxy) is 2. The maximum atomic E-state index is 12.8. The summed E-state index contributed by atoms with van der Waals surface area (Å²) >= 11 is 0. The van der Waals surface area contributed by atoms with Crippen LogP contribution in [0.25, 0.3) is 0 Å². The van der Waals surface area contributed by atoms with Gasteiger partial charge in [-0.2, -0.15) is 0 Å². The van der Waals surface area contributed by atoms with Crippen LogP contribution in [0.3, 0.4) is 0 Å². The predicted molar refractivity (Wildman–Crippen MR) is 86.7 cm³/mol. The average Bonchev–Trinajstić information content (AvgIpc) is 3.08. The van der Waals surface area contributed by atoms with E-state index in [1.807, 2.05) is 0 Å². The second-order valence-corrected chi connectivity index (χ2v) is 8.99. The quantitative estimate of drug-likeness (QED) is 0.449. The van der Waals surface area contributed by atoms with E-state index in [0.29, 0.717) is 17.8 Å². The first kappa shape index (κ1) is 14.5. The van der Waals surface area contributed by atoms with E-state index in [2.05, 4.69) is 26.0 Å². The van der Waals surface area contributed by atoms with E-state index in [4.69, 9.17) is 9.47 Å². The van der Waals surface area contributed by atoms with Crippen LogP contribution in [0.15, 0.2) is 12.2 Å². The number of rotatable bonds is 4. The molecule has 1 heterocycles. The van der Waals surface area contributed by atoms with Crippen molar-refractivity contribution in [3.63, 3.8) is 0 Å². The molecule has 4 fully saturated rings. The summed E-state index contributed by atoms with van der Waals surface area (Å²) in [5.74, 6) is 3.15. The molecular formula is C20H28O3. The molecule has 126 valence electrons. The monoisotopic (exact) mass is 316 g/mol. The van der Waals surface area contributed by atoms with Gasteiger partial charge in [-0.25, -0.2) is 4.79 Å². The molecule has 3 nitrogen and oxygen atoms in total. The summed E-state index contributed by atoms with van der Waals surface area (Å²) < 4.78 is 12.1. The van der Waals surface area contributed by atoms with Gasteiger partial charge in [0.25, 0.3) is 0 Å². The Balaban J connectivity index is 1.28. The van der Waals surface area contributed by atoms with Crippen molar-refractivity contribution in [3.8, 4) is 0 Å². The van der Waals surface area contributed by atoms with Gasteiger partial charge in [0.2, 0.25) is 0 Å². The number of hydrogen-bond acceptors (Lipinski definition) is 3. The minimum Gasteiger partial charge on any atom is -0.457 e. The van der Waals surface area contributed by atoms with E-state index in [-0.39, 0.29) is 23.3 Å². The Morgan fingerprint density at radius 1 is 1.26 bits per heavy atom. The first-order valence-corrected chi connectivity index (χ1v) is 9.63. The zero-order valence-corrected chi connectivity index (χ0v) is 14.3. The van der Waals surface area contributed by atoms with Crippen molar-refractivity contribution in [2.24, 2.45) is 29.6 Å². The summed E-state index contributed by atoms with van der Waals surface area (Å²) in [5.41, 5.74) is -0.449. The Morgan fingerprint density at radius 3 is 2.70 bits per heavy atom. The Labute approximate surface area is 138 Å². The minimum atomic E-state index is -0.317. The molecule has 0 aromatic rings. The molecule has 4 aliphatic carbocycles. The molecule has 5 aliphatic rings. The molecule has 0 radical (unpaired) electrons. The third kappa shape index (κ3) is 1.95.